The topological polar surface area (TPSA) is 92.7 Å². The fraction of sp³-hybridized carbons (Fsp3) is 0.250. The number of methoxy groups -OCH3 is 1. The van der Waals surface area contributed by atoms with E-state index in [1.54, 1.807) is 24.3 Å². The monoisotopic (exact) mass is 251 g/mol. The number of rotatable bonds is 7. The Morgan fingerprint density at radius 1 is 1.44 bits per heavy atom. The van der Waals surface area contributed by atoms with Gasteiger partial charge in [-0.05, 0) is 12.1 Å². The van der Waals surface area contributed by atoms with Gasteiger partial charge in [-0.2, -0.15) is 0 Å². The van der Waals surface area contributed by atoms with Crippen LogP contribution in [0.15, 0.2) is 24.3 Å². The fourth-order valence-electron chi connectivity index (χ4n) is 1.47. The highest BCUT2D eigenvalue weighted by molar-refractivity contribution is 6.01. The number of carbonyl (C=O) groups excluding carboxylic acids is 2. The molecule has 96 valence electrons. The summed E-state index contributed by atoms with van der Waals surface area (Å²) in [6.45, 7) is 0. The summed E-state index contributed by atoms with van der Waals surface area (Å²) in [6.07, 6.45) is -0.0667. The number of Topliss-reactive ketones (excluding diaryl/α,β-unsaturated/α-hetero) is 1. The summed E-state index contributed by atoms with van der Waals surface area (Å²) in [5.41, 5.74) is 0.291. The van der Waals surface area contributed by atoms with Gasteiger partial charge in [0, 0.05) is 6.42 Å². The minimum Gasteiger partial charge on any atom is -0.496 e. The van der Waals surface area contributed by atoms with Crippen LogP contribution < -0.4 is 10.1 Å². The van der Waals surface area contributed by atoms with Gasteiger partial charge in [0.15, 0.2) is 5.78 Å². The molecule has 2 N–H and O–H groups in total. The van der Waals surface area contributed by atoms with Crippen LogP contribution >= 0.6 is 0 Å². The third-order valence-corrected chi connectivity index (χ3v) is 2.36. The number of nitrogens with one attached hydrogen (secondary N) is 1. The molecule has 1 aromatic rings. The van der Waals surface area contributed by atoms with Gasteiger partial charge < -0.3 is 15.2 Å². The van der Waals surface area contributed by atoms with Crippen LogP contribution in [0.3, 0.4) is 0 Å². The van der Waals surface area contributed by atoms with Crippen LogP contribution in [0.1, 0.15) is 16.8 Å². The van der Waals surface area contributed by atoms with Crippen LogP contribution in [-0.2, 0) is 9.59 Å². The zero-order valence-electron chi connectivity index (χ0n) is 9.75. The number of aliphatic carboxylic acids is 1. The zero-order valence-corrected chi connectivity index (χ0v) is 9.75. The molecule has 0 aliphatic heterocycles. The molecule has 1 rings (SSSR count). The van der Waals surface area contributed by atoms with Crippen molar-refractivity contribution in [3.05, 3.63) is 29.8 Å². The first-order valence-corrected chi connectivity index (χ1v) is 5.19. The van der Waals surface area contributed by atoms with Crippen molar-refractivity contribution in [2.24, 2.45) is 0 Å². The largest absolute Gasteiger partial charge is 0.496 e. The second-order valence-corrected chi connectivity index (χ2v) is 3.50. The lowest BCUT2D eigenvalue weighted by Crippen LogP contribution is -2.37. The van der Waals surface area contributed by atoms with Crippen molar-refractivity contribution in [3.63, 3.8) is 0 Å². The van der Waals surface area contributed by atoms with Crippen LogP contribution in [-0.4, -0.2) is 36.4 Å². The van der Waals surface area contributed by atoms with Crippen molar-refractivity contribution in [1.82, 2.24) is 5.32 Å². The van der Waals surface area contributed by atoms with Gasteiger partial charge in [-0.15, -0.1) is 0 Å². The summed E-state index contributed by atoms with van der Waals surface area (Å²) in [4.78, 5) is 33.0. The number of carbonyl (C=O) groups is 3. The molecule has 18 heavy (non-hydrogen) atoms. The molecule has 0 aliphatic rings. The highest BCUT2D eigenvalue weighted by Gasteiger charge is 2.22. The second kappa shape index (κ2) is 6.39. The lowest BCUT2D eigenvalue weighted by atomic mass is 10.0. The highest BCUT2D eigenvalue weighted by Crippen LogP contribution is 2.19. The van der Waals surface area contributed by atoms with Crippen LogP contribution in [0, 0.1) is 0 Å². The first kappa shape index (κ1) is 13.7. The van der Waals surface area contributed by atoms with Gasteiger partial charge in [0.2, 0.25) is 6.41 Å². The minimum absolute atomic E-state index is 0.258. The third kappa shape index (κ3) is 3.31. The molecule has 6 nitrogen and oxygen atoms in total. The predicted octanol–water partition coefficient (Wildman–Crippen LogP) is 0.467. The summed E-state index contributed by atoms with van der Waals surface area (Å²) in [6, 6.07) is 5.27. The molecule has 0 aliphatic carbocycles. The summed E-state index contributed by atoms with van der Waals surface area (Å²) in [5, 5.41) is 10.9. The van der Waals surface area contributed by atoms with E-state index in [1.165, 1.54) is 7.11 Å². The average molecular weight is 251 g/mol. The normalized spacial score (nSPS) is 11.4. The van der Waals surface area contributed by atoms with Crippen molar-refractivity contribution >= 4 is 18.2 Å². The Hall–Kier alpha value is -2.37. The maximum atomic E-state index is 11.9. The van der Waals surface area contributed by atoms with Gasteiger partial charge in [-0.3, -0.25) is 9.59 Å². The Morgan fingerprint density at radius 3 is 2.67 bits per heavy atom. The Kier molecular flexibility index (Phi) is 4.86. The maximum absolute atomic E-state index is 11.9. The Balaban J connectivity index is 2.86. The molecule has 0 fully saturated rings. The fourth-order valence-corrected chi connectivity index (χ4v) is 1.47. The number of hydrogen-bond donors (Lipinski definition) is 2. The van der Waals surface area contributed by atoms with E-state index in [-0.39, 0.29) is 12.8 Å². The number of amides is 1. The molecule has 1 aromatic carbocycles. The molecule has 6 heteroatoms. The average Bonchev–Trinajstić information content (AvgIpc) is 2.37. The summed E-state index contributed by atoms with van der Waals surface area (Å²) in [5.74, 6) is -1.29. The summed E-state index contributed by atoms with van der Waals surface area (Å²) in [7, 11) is 1.42. The first-order chi connectivity index (χ1) is 8.60. The molecule has 1 atom stereocenters. The van der Waals surface area contributed by atoms with Crippen LogP contribution in [0.2, 0.25) is 0 Å². The lowest BCUT2D eigenvalue weighted by molar-refractivity contribution is -0.140. The molecular formula is C12H13NO5. The molecule has 0 saturated heterocycles. The summed E-state index contributed by atoms with van der Waals surface area (Å²) >= 11 is 0. The zero-order chi connectivity index (χ0) is 13.5. The van der Waals surface area contributed by atoms with E-state index >= 15 is 0 Å². The van der Waals surface area contributed by atoms with Crippen LogP contribution in [0.25, 0.3) is 0 Å². The standard InChI is InChI=1S/C12H13NO5/c1-18-11-5-3-2-4-8(11)10(15)6-9(12(16)17)13-7-14/h2-5,7,9H,6H2,1H3,(H,13,14)(H,16,17). The van der Waals surface area contributed by atoms with E-state index < -0.39 is 17.8 Å². The Bertz CT molecular complexity index is 458. The van der Waals surface area contributed by atoms with Crippen molar-refractivity contribution < 1.29 is 24.2 Å². The quantitative estimate of drug-likeness (QED) is 0.542. The van der Waals surface area contributed by atoms with E-state index in [4.69, 9.17) is 9.84 Å². The van der Waals surface area contributed by atoms with Crippen LogP contribution in [0.5, 0.6) is 5.75 Å². The number of ketones is 1. The van der Waals surface area contributed by atoms with Crippen molar-refractivity contribution in [2.75, 3.05) is 7.11 Å². The second-order valence-electron chi connectivity index (χ2n) is 3.50. The molecule has 1 unspecified atom stereocenters. The van der Waals surface area contributed by atoms with Crippen LogP contribution in [0.4, 0.5) is 0 Å². The van der Waals surface area contributed by atoms with E-state index in [9.17, 15) is 14.4 Å². The maximum Gasteiger partial charge on any atom is 0.326 e. The number of benzene rings is 1. The van der Waals surface area contributed by atoms with E-state index in [0.29, 0.717) is 11.3 Å². The molecule has 0 heterocycles. The minimum atomic E-state index is -1.26. The summed E-state index contributed by atoms with van der Waals surface area (Å²) < 4.78 is 5.01. The van der Waals surface area contributed by atoms with Gasteiger partial charge in [0.05, 0.1) is 12.7 Å². The van der Waals surface area contributed by atoms with Gasteiger partial charge in [-0.1, -0.05) is 12.1 Å². The Morgan fingerprint density at radius 2 is 2.11 bits per heavy atom. The number of ether oxygens (including phenoxy) is 1. The number of para-hydroxylation sites is 1. The third-order valence-electron chi connectivity index (χ3n) is 2.36. The molecule has 0 saturated carbocycles. The highest BCUT2D eigenvalue weighted by atomic mass is 16.5. The van der Waals surface area contributed by atoms with Gasteiger partial charge >= 0.3 is 5.97 Å². The molecule has 0 bridgehead atoms. The smallest absolute Gasteiger partial charge is 0.326 e. The van der Waals surface area contributed by atoms with Gasteiger partial charge in [-0.25, -0.2) is 4.79 Å². The lowest BCUT2D eigenvalue weighted by Gasteiger charge is -2.11. The number of carboxylic acid groups (broad SMARTS) is 1. The molecular weight excluding hydrogens is 238 g/mol. The van der Waals surface area contributed by atoms with E-state index in [0.717, 1.165) is 0 Å². The molecule has 0 aromatic heterocycles. The molecule has 0 spiro atoms. The van der Waals surface area contributed by atoms with Crippen molar-refractivity contribution in [1.29, 1.82) is 0 Å². The first-order valence-electron chi connectivity index (χ1n) is 5.19. The van der Waals surface area contributed by atoms with E-state index in [1.807, 2.05) is 0 Å². The van der Waals surface area contributed by atoms with Gasteiger partial charge in [0.25, 0.3) is 0 Å². The van der Waals surface area contributed by atoms with E-state index in [2.05, 4.69) is 5.32 Å². The van der Waals surface area contributed by atoms with Gasteiger partial charge in [0.1, 0.15) is 11.8 Å². The SMILES string of the molecule is COc1ccccc1C(=O)CC(NC=O)C(=O)O. The molecule has 0 radical (unpaired) electrons. The Labute approximate surface area is 104 Å². The van der Waals surface area contributed by atoms with Crippen molar-refractivity contribution in [2.45, 2.75) is 12.5 Å². The molecule has 1 amide bonds. The predicted molar refractivity (Wildman–Crippen MR) is 62.6 cm³/mol. The van der Waals surface area contributed by atoms with Crippen molar-refractivity contribution in [3.8, 4) is 5.75 Å². The number of hydrogen-bond acceptors (Lipinski definition) is 4. The number of carboxylic acids is 1.